The number of aromatic nitrogens is 2. The Morgan fingerprint density at radius 2 is 1.61 bits per heavy atom. The second kappa shape index (κ2) is 17.7. The van der Waals surface area contributed by atoms with Gasteiger partial charge in [-0.15, -0.1) is 0 Å². The molecule has 0 N–H and O–H groups in total. The molecule has 0 amide bonds. The predicted octanol–water partition coefficient (Wildman–Crippen LogP) is 12.2. The van der Waals surface area contributed by atoms with Crippen LogP contribution in [0.3, 0.4) is 0 Å². The number of aryl methyl sites for hydroxylation is 2. The summed E-state index contributed by atoms with van der Waals surface area (Å²) in [6.07, 6.45) is 18.2. The molecule has 3 aromatic rings. The molecule has 0 spiro atoms. The van der Waals surface area contributed by atoms with Gasteiger partial charge in [-0.1, -0.05) is 98.2 Å². The van der Waals surface area contributed by atoms with E-state index < -0.39 is 0 Å². The second-order valence-corrected chi connectivity index (χ2v) is 10.7. The highest BCUT2D eigenvalue weighted by atomic mass is 14.8. The minimum Gasteiger partial charge on any atom is -0.261 e. The van der Waals surface area contributed by atoms with E-state index >= 15 is 0 Å². The molecule has 1 saturated carbocycles. The van der Waals surface area contributed by atoms with Crippen LogP contribution >= 0.6 is 0 Å². The molecule has 2 aliphatic carbocycles. The van der Waals surface area contributed by atoms with Gasteiger partial charge in [-0.25, -0.2) is 4.98 Å². The molecule has 0 saturated heterocycles. The zero-order valence-corrected chi connectivity index (χ0v) is 27.6. The van der Waals surface area contributed by atoms with Crippen molar-refractivity contribution in [3.05, 3.63) is 94.5 Å². The number of hydrogen-bond acceptors (Lipinski definition) is 2. The summed E-state index contributed by atoms with van der Waals surface area (Å²) in [5, 5.41) is 0. The van der Waals surface area contributed by atoms with Gasteiger partial charge < -0.3 is 0 Å². The minimum atomic E-state index is 0. The standard InChI is InChI=1S/C33H38N2.3C2H6.H2/c1-5-7-25-10-13-27(14-11-25)31-15-12-26(16-23(31)3)17-30-19-29(32-21-34-20-24(4)35-32)18-28-9-6-8-22(2)33(28)30;3*1-2;/h6,9,12,15-16,18-21,25,27H,2,5,7-8,10-11,13-14,17H2,1,3-4H3;3*1-2H3;1H. The highest BCUT2D eigenvalue weighted by molar-refractivity contribution is 5.83. The minimum absolute atomic E-state index is 0. The Labute approximate surface area is 253 Å². The third-order valence-corrected chi connectivity index (χ3v) is 8.03. The van der Waals surface area contributed by atoms with Crippen molar-refractivity contribution in [3.8, 4) is 11.3 Å². The van der Waals surface area contributed by atoms with Crippen LogP contribution in [-0.2, 0) is 6.42 Å². The first-order valence-corrected chi connectivity index (χ1v) is 16.4. The third kappa shape index (κ3) is 8.99. The van der Waals surface area contributed by atoms with Crippen molar-refractivity contribution in [2.75, 3.05) is 0 Å². The van der Waals surface area contributed by atoms with E-state index in [1.807, 2.05) is 60.9 Å². The van der Waals surface area contributed by atoms with E-state index in [-0.39, 0.29) is 1.43 Å². The van der Waals surface area contributed by atoms with Crippen LogP contribution in [0.1, 0.15) is 140 Å². The molecule has 5 rings (SSSR count). The van der Waals surface area contributed by atoms with Gasteiger partial charge in [0, 0.05) is 13.2 Å². The summed E-state index contributed by atoms with van der Waals surface area (Å²) in [5.74, 6) is 1.69. The van der Waals surface area contributed by atoms with Crippen molar-refractivity contribution in [1.29, 1.82) is 0 Å². The van der Waals surface area contributed by atoms with Crippen LogP contribution in [0.25, 0.3) is 22.9 Å². The zero-order chi connectivity index (χ0) is 30.4. The highest BCUT2D eigenvalue weighted by Gasteiger charge is 2.23. The topological polar surface area (TPSA) is 25.8 Å². The Kier molecular flexibility index (Phi) is 14.8. The Balaban J connectivity index is 0.00000119. The van der Waals surface area contributed by atoms with Crippen LogP contribution in [0.4, 0.5) is 0 Å². The summed E-state index contributed by atoms with van der Waals surface area (Å²) >= 11 is 0. The number of fused-ring (bicyclic) bond motifs is 1. The van der Waals surface area contributed by atoms with Gasteiger partial charge in [-0.05, 0) is 115 Å². The maximum absolute atomic E-state index is 4.74. The van der Waals surface area contributed by atoms with E-state index in [1.54, 1.807) is 5.56 Å². The number of allylic oxidation sites excluding steroid dienone is 2. The van der Waals surface area contributed by atoms with Crippen LogP contribution < -0.4 is 0 Å². The van der Waals surface area contributed by atoms with E-state index in [2.05, 4.69) is 67.9 Å². The monoisotopic (exact) mass is 554 g/mol. The molecule has 1 aromatic heterocycles. The Morgan fingerprint density at radius 1 is 0.902 bits per heavy atom. The fourth-order valence-electron chi connectivity index (χ4n) is 6.31. The quantitative estimate of drug-likeness (QED) is 0.303. The molecular weight excluding hydrogens is 496 g/mol. The fourth-order valence-corrected chi connectivity index (χ4v) is 6.31. The average molecular weight is 555 g/mol. The van der Waals surface area contributed by atoms with Crippen molar-refractivity contribution < 1.29 is 1.43 Å². The first kappa shape index (κ1) is 34.2. The number of benzene rings is 2. The van der Waals surface area contributed by atoms with Gasteiger partial charge in [0.25, 0.3) is 0 Å². The van der Waals surface area contributed by atoms with Gasteiger partial charge in [0.05, 0.1) is 17.6 Å². The third-order valence-electron chi connectivity index (χ3n) is 8.03. The number of rotatable bonds is 6. The summed E-state index contributed by atoms with van der Waals surface area (Å²) in [4.78, 5) is 9.13. The second-order valence-electron chi connectivity index (χ2n) is 10.7. The van der Waals surface area contributed by atoms with Gasteiger partial charge in [0.2, 0.25) is 0 Å². The lowest BCUT2D eigenvalue weighted by molar-refractivity contribution is 0.308. The van der Waals surface area contributed by atoms with E-state index in [4.69, 9.17) is 4.98 Å². The molecule has 2 aromatic carbocycles. The van der Waals surface area contributed by atoms with E-state index in [0.717, 1.165) is 41.6 Å². The highest BCUT2D eigenvalue weighted by Crippen LogP contribution is 2.39. The molecule has 2 nitrogen and oxygen atoms in total. The molecule has 0 unspecified atom stereocenters. The van der Waals surface area contributed by atoms with Crippen molar-refractivity contribution >= 4 is 11.6 Å². The molecule has 224 valence electrons. The fraction of sp³-hybridized carbons (Fsp3) is 0.487. The SMILES string of the molecule is C=C1CC=Cc2cc(-c3cncc(C)n3)cc(Cc3ccc(C4CCC(CCC)CC4)c(C)c3)c21.CC.CC.CC.[HH]. The van der Waals surface area contributed by atoms with Gasteiger partial charge in [-0.3, -0.25) is 4.98 Å². The van der Waals surface area contributed by atoms with Gasteiger partial charge in [-0.2, -0.15) is 0 Å². The van der Waals surface area contributed by atoms with Crippen molar-refractivity contribution in [1.82, 2.24) is 9.97 Å². The van der Waals surface area contributed by atoms with Gasteiger partial charge >= 0.3 is 0 Å². The van der Waals surface area contributed by atoms with Crippen LogP contribution in [0.15, 0.2) is 55.4 Å². The largest absolute Gasteiger partial charge is 0.261 e. The van der Waals surface area contributed by atoms with Crippen LogP contribution in [0.5, 0.6) is 0 Å². The zero-order valence-electron chi connectivity index (χ0n) is 27.6. The van der Waals surface area contributed by atoms with Crippen LogP contribution in [-0.4, -0.2) is 9.97 Å². The molecule has 0 radical (unpaired) electrons. The summed E-state index contributed by atoms with van der Waals surface area (Å²) in [7, 11) is 0. The molecule has 0 aliphatic heterocycles. The van der Waals surface area contributed by atoms with Crippen LogP contribution in [0.2, 0.25) is 0 Å². The van der Waals surface area contributed by atoms with Crippen molar-refractivity contribution in [3.63, 3.8) is 0 Å². The van der Waals surface area contributed by atoms with Crippen LogP contribution in [0, 0.1) is 19.8 Å². The Hall–Kier alpha value is -3.00. The molecule has 1 fully saturated rings. The summed E-state index contributed by atoms with van der Waals surface area (Å²) in [6.45, 7) is 23.0. The first-order chi connectivity index (χ1) is 20.0. The van der Waals surface area contributed by atoms with Gasteiger partial charge in [0.15, 0.2) is 0 Å². The number of nitrogens with zero attached hydrogens (tertiary/aromatic N) is 2. The van der Waals surface area contributed by atoms with E-state index in [0.29, 0.717) is 0 Å². The normalized spacial score (nSPS) is 17.1. The molecule has 0 bridgehead atoms. The van der Waals surface area contributed by atoms with Crippen molar-refractivity contribution in [2.45, 2.75) is 120 Å². The molecule has 1 heterocycles. The lowest BCUT2D eigenvalue weighted by Crippen LogP contribution is -2.14. The molecule has 2 aliphatic rings. The Morgan fingerprint density at radius 3 is 2.24 bits per heavy atom. The number of hydrogen-bond donors (Lipinski definition) is 0. The summed E-state index contributed by atoms with van der Waals surface area (Å²) in [5.41, 5.74) is 12.5. The maximum atomic E-state index is 4.74. The molecular formula is C39H58N2. The lowest BCUT2D eigenvalue weighted by Gasteiger charge is -2.29. The van der Waals surface area contributed by atoms with E-state index in [9.17, 15) is 0 Å². The van der Waals surface area contributed by atoms with E-state index in [1.165, 1.54) is 71.9 Å². The van der Waals surface area contributed by atoms with Crippen molar-refractivity contribution in [2.24, 2.45) is 5.92 Å². The average Bonchev–Trinajstić information content (AvgIpc) is 3.01. The van der Waals surface area contributed by atoms with Gasteiger partial charge in [0.1, 0.15) is 0 Å². The Bertz CT molecular complexity index is 1270. The molecule has 2 heteroatoms. The maximum Gasteiger partial charge on any atom is 0.0888 e. The molecule has 41 heavy (non-hydrogen) atoms. The molecule has 0 atom stereocenters. The first-order valence-electron chi connectivity index (χ1n) is 16.4. The summed E-state index contributed by atoms with van der Waals surface area (Å²) < 4.78 is 0. The summed E-state index contributed by atoms with van der Waals surface area (Å²) in [6, 6.07) is 11.8. The lowest BCUT2D eigenvalue weighted by atomic mass is 9.76. The smallest absolute Gasteiger partial charge is 0.0888 e. The predicted molar refractivity (Wildman–Crippen MR) is 185 cm³/mol.